The quantitative estimate of drug-likeness (QED) is 0.164. The van der Waals surface area contributed by atoms with Gasteiger partial charge in [-0.1, -0.05) is 179 Å². The van der Waals surface area contributed by atoms with Gasteiger partial charge in [0.15, 0.2) is 5.58 Å². The summed E-state index contributed by atoms with van der Waals surface area (Å²) in [5.41, 5.74) is 26.8. The molecule has 0 spiro atoms. The first-order valence-electron chi connectivity index (χ1n) is 26.0. The molecule has 4 nitrogen and oxygen atoms in total. The molecule has 5 heteroatoms. The van der Waals surface area contributed by atoms with E-state index in [4.69, 9.17) is 4.42 Å². The molecule has 3 aliphatic rings. The van der Waals surface area contributed by atoms with Crippen LogP contribution in [0, 0.1) is 13.8 Å². The maximum atomic E-state index is 7.04. The third kappa shape index (κ3) is 6.25. The number of hydrogen-bond acceptors (Lipinski definition) is 3. The van der Waals surface area contributed by atoms with Gasteiger partial charge in [-0.25, -0.2) is 0 Å². The Morgan fingerprint density at radius 3 is 1.81 bits per heavy atom. The van der Waals surface area contributed by atoms with Gasteiger partial charge in [-0.3, -0.25) is 0 Å². The molecule has 0 fully saturated rings. The second-order valence-corrected chi connectivity index (χ2v) is 24.8. The zero-order valence-corrected chi connectivity index (χ0v) is 44.3. The first-order chi connectivity index (χ1) is 34.2. The summed E-state index contributed by atoms with van der Waals surface area (Å²) in [4.78, 5) is 5.10. The Morgan fingerprint density at radius 2 is 1.12 bits per heavy atom. The highest BCUT2D eigenvalue weighted by Crippen LogP contribution is 2.55. The predicted octanol–water partition coefficient (Wildman–Crippen LogP) is 16.4. The van der Waals surface area contributed by atoms with Crippen LogP contribution in [0.25, 0.3) is 49.7 Å². The van der Waals surface area contributed by atoms with Crippen molar-refractivity contribution in [2.45, 2.75) is 112 Å². The minimum atomic E-state index is -0.226. The standard InChI is InChI=1S/C67H64BN3O/c1-39-34-41(64(3,4)5)28-32-52(39)69(53-33-29-42(35-40(53)2)65(6,7)8)44-30-31-50-55(38-44)70(54-26-19-22-46-45-20-15-17-27-58(45)72-62(46)54)56-36-43(66(9,10)11)37-57-60(56)68(50)51-25-18-23-48-59-47-21-14-16-24-49(47)67(12,13)63(59)71(57)61(48)51/h14-38H,1-13H3. The van der Waals surface area contributed by atoms with Crippen molar-refractivity contribution in [1.82, 2.24) is 4.57 Å². The SMILES string of the molecule is Cc1cc(C(C)(C)C)ccc1N(c1ccc2c(c1)N(c1cccc3c1oc1ccccc13)c1cc(C(C)(C)C)cc3c1B2c1cccc2c4c(n-3c12)C(C)(C)c1ccccc1-4)c1ccc(C(C)(C)C)cc1C. The van der Waals surface area contributed by atoms with E-state index in [0.29, 0.717) is 0 Å². The molecule has 0 radical (unpaired) electrons. The van der Waals surface area contributed by atoms with Crippen LogP contribution in [-0.2, 0) is 21.7 Å². The van der Waals surface area contributed by atoms with E-state index in [9.17, 15) is 0 Å². The van der Waals surface area contributed by atoms with Crippen LogP contribution in [0.3, 0.4) is 0 Å². The average molecular weight is 938 g/mol. The molecule has 2 aliphatic heterocycles. The Bertz CT molecular complexity index is 3890. The summed E-state index contributed by atoms with van der Waals surface area (Å²) < 4.78 is 9.74. The maximum absolute atomic E-state index is 7.04. The van der Waals surface area contributed by atoms with E-state index in [1.807, 2.05) is 0 Å². The topological polar surface area (TPSA) is 24.6 Å². The molecule has 10 aromatic rings. The van der Waals surface area contributed by atoms with Crippen molar-refractivity contribution in [3.05, 3.63) is 191 Å². The molecule has 8 aromatic carbocycles. The molecule has 0 bridgehead atoms. The lowest BCUT2D eigenvalue weighted by molar-refractivity contribution is 0.589. The number of nitrogens with zero attached hydrogens (tertiary/aromatic N) is 3. The number of benzene rings is 8. The highest BCUT2D eigenvalue weighted by molar-refractivity contribution is 7.00. The van der Waals surface area contributed by atoms with Gasteiger partial charge in [0.25, 0.3) is 6.71 Å². The molecule has 2 aromatic heterocycles. The summed E-state index contributed by atoms with van der Waals surface area (Å²) in [6.07, 6.45) is 0. The van der Waals surface area contributed by atoms with Crippen LogP contribution in [0.2, 0.25) is 0 Å². The van der Waals surface area contributed by atoms with Crippen molar-refractivity contribution in [3.8, 4) is 16.8 Å². The molecule has 0 saturated carbocycles. The third-order valence-corrected chi connectivity index (χ3v) is 16.6. The Hall–Kier alpha value is -7.24. The van der Waals surface area contributed by atoms with Gasteiger partial charge < -0.3 is 18.8 Å². The van der Waals surface area contributed by atoms with E-state index in [2.05, 4.69) is 256 Å². The molecule has 0 N–H and O–H groups in total. The summed E-state index contributed by atoms with van der Waals surface area (Å²) in [5.74, 6) is 0. The van der Waals surface area contributed by atoms with Gasteiger partial charge in [-0.05, 0) is 134 Å². The Kier molecular flexibility index (Phi) is 9.26. The second kappa shape index (κ2) is 14.9. The van der Waals surface area contributed by atoms with E-state index >= 15 is 0 Å². The molecule has 13 rings (SSSR count). The molecule has 1 aliphatic carbocycles. The van der Waals surface area contributed by atoms with Crippen molar-refractivity contribution >= 4 is 90.1 Å². The fourth-order valence-corrected chi connectivity index (χ4v) is 12.8. The molecular weight excluding hydrogens is 874 g/mol. The second-order valence-electron chi connectivity index (χ2n) is 24.8. The summed E-state index contributed by atoms with van der Waals surface area (Å²) >= 11 is 0. The summed E-state index contributed by atoms with van der Waals surface area (Å²) in [6.45, 7) is 30.3. The number of hydrogen-bond donors (Lipinski definition) is 0. The lowest BCUT2D eigenvalue weighted by Crippen LogP contribution is -2.60. The van der Waals surface area contributed by atoms with Crippen molar-refractivity contribution in [3.63, 3.8) is 0 Å². The molecule has 0 amide bonds. The number of fused-ring (bicyclic) bond motifs is 12. The summed E-state index contributed by atoms with van der Waals surface area (Å²) in [5, 5.41) is 3.57. The number of anilines is 6. The van der Waals surface area contributed by atoms with Gasteiger partial charge in [-0.2, -0.15) is 0 Å². The van der Waals surface area contributed by atoms with Crippen LogP contribution in [0.4, 0.5) is 34.1 Å². The molecule has 356 valence electrons. The molecule has 72 heavy (non-hydrogen) atoms. The molecular formula is C67H64BN3O. The lowest BCUT2D eigenvalue weighted by Gasteiger charge is -2.42. The van der Waals surface area contributed by atoms with Gasteiger partial charge in [-0.15, -0.1) is 0 Å². The van der Waals surface area contributed by atoms with Crippen molar-refractivity contribution < 1.29 is 4.42 Å². The smallest absolute Gasteiger partial charge is 0.252 e. The highest BCUT2D eigenvalue weighted by atomic mass is 16.3. The minimum absolute atomic E-state index is 0.0164. The zero-order valence-electron chi connectivity index (χ0n) is 44.3. The van der Waals surface area contributed by atoms with E-state index < -0.39 is 0 Å². The van der Waals surface area contributed by atoms with Gasteiger partial charge in [0.1, 0.15) is 5.58 Å². The van der Waals surface area contributed by atoms with Crippen LogP contribution in [0.5, 0.6) is 0 Å². The average Bonchev–Trinajstić information content (AvgIpc) is 3.97. The summed E-state index contributed by atoms with van der Waals surface area (Å²) in [6, 6.07) is 58.0. The van der Waals surface area contributed by atoms with Crippen molar-refractivity contribution in [2.24, 2.45) is 0 Å². The predicted molar refractivity (Wildman–Crippen MR) is 308 cm³/mol. The van der Waals surface area contributed by atoms with E-state index in [0.717, 1.165) is 39.0 Å². The number of aryl methyl sites for hydroxylation is 2. The fraction of sp³-hybridized carbons (Fsp3) is 0.254. The summed E-state index contributed by atoms with van der Waals surface area (Å²) in [7, 11) is 0. The van der Waals surface area contributed by atoms with Gasteiger partial charge in [0.2, 0.25) is 0 Å². The van der Waals surface area contributed by atoms with Crippen molar-refractivity contribution in [1.29, 1.82) is 0 Å². The van der Waals surface area contributed by atoms with Gasteiger partial charge in [0.05, 0.1) is 5.69 Å². The Labute approximate surface area is 426 Å². The van der Waals surface area contributed by atoms with Crippen LogP contribution in [0.1, 0.15) is 115 Å². The van der Waals surface area contributed by atoms with E-state index in [1.54, 1.807) is 0 Å². The molecule has 4 heterocycles. The fourth-order valence-electron chi connectivity index (χ4n) is 12.8. The first-order valence-corrected chi connectivity index (χ1v) is 26.0. The number of furan rings is 1. The van der Waals surface area contributed by atoms with Crippen LogP contribution in [0.15, 0.2) is 156 Å². The van der Waals surface area contributed by atoms with E-state index in [-0.39, 0.29) is 28.4 Å². The Morgan fingerprint density at radius 1 is 0.514 bits per heavy atom. The van der Waals surface area contributed by atoms with Gasteiger partial charge >= 0.3 is 0 Å². The number of aromatic nitrogens is 1. The monoisotopic (exact) mass is 938 g/mol. The lowest BCUT2D eigenvalue weighted by atomic mass is 9.33. The van der Waals surface area contributed by atoms with Gasteiger partial charge in [0, 0.05) is 72.5 Å². The largest absolute Gasteiger partial charge is 0.454 e. The maximum Gasteiger partial charge on any atom is 0.252 e. The van der Waals surface area contributed by atoms with Crippen molar-refractivity contribution in [2.75, 3.05) is 9.80 Å². The van der Waals surface area contributed by atoms with Crippen LogP contribution in [-0.4, -0.2) is 11.3 Å². The third-order valence-electron chi connectivity index (χ3n) is 16.6. The number of para-hydroxylation sites is 3. The number of rotatable bonds is 4. The molecule has 0 saturated heterocycles. The zero-order chi connectivity index (χ0) is 50.1. The molecule has 0 atom stereocenters. The van der Waals surface area contributed by atoms with Crippen LogP contribution >= 0.6 is 0 Å². The normalized spacial score (nSPS) is 14.5. The van der Waals surface area contributed by atoms with E-state index in [1.165, 1.54) is 100 Å². The highest BCUT2D eigenvalue weighted by Gasteiger charge is 2.48. The van der Waals surface area contributed by atoms with Crippen LogP contribution < -0.4 is 26.2 Å². The first kappa shape index (κ1) is 44.7. The minimum Gasteiger partial charge on any atom is -0.454 e. The molecule has 0 unspecified atom stereocenters. The Balaban J connectivity index is 1.15.